The van der Waals surface area contributed by atoms with Crippen LogP contribution in [0.5, 0.6) is 0 Å². The molecule has 0 bridgehead atoms. The zero-order valence-corrected chi connectivity index (χ0v) is 12.4. The summed E-state index contributed by atoms with van der Waals surface area (Å²) in [6.07, 6.45) is 0. The summed E-state index contributed by atoms with van der Waals surface area (Å²) in [7, 11) is 0. The number of hydrogen-bond acceptors (Lipinski definition) is 3. The number of nitrogens with one attached hydrogen (secondary N) is 1. The molecule has 3 rings (SSSR count). The number of anilines is 1. The largest absolute Gasteiger partial charge is 0.449 e. The molecule has 0 aliphatic rings. The summed E-state index contributed by atoms with van der Waals surface area (Å²) in [5.74, 6) is -0.123. The van der Waals surface area contributed by atoms with E-state index in [1.165, 1.54) is 0 Å². The predicted octanol–water partition coefficient (Wildman–Crippen LogP) is 4.52. The van der Waals surface area contributed by atoms with Gasteiger partial charge in [0.1, 0.15) is 0 Å². The van der Waals surface area contributed by atoms with Crippen molar-refractivity contribution in [3.05, 3.63) is 64.4 Å². The van der Waals surface area contributed by atoms with Gasteiger partial charge in [0.2, 0.25) is 0 Å². The van der Waals surface area contributed by atoms with Gasteiger partial charge >= 0.3 is 0 Å². The van der Waals surface area contributed by atoms with Crippen molar-refractivity contribution in [2.75, 3.05) is 5.32 Å². The minimum absolute atomic E-state index is 0.229. The molecule has 4 nitrogen and oxygen atoms in total. The topological polar surface area (TPSA) is 66.0 Å². The van der Waals surface area contributed by atoms with E-state index in [2.05, 4.69) is 5.32 Å². The number of nitriles is 1. The SMILES string of the molecule is Cc1c(C(=O)Nc2ccc(C#N)cc2)oc2c(Cl)cccc12. The summed E-state index contributed by atoms with van der Waals surface area (Å²) in [6.45, 7) is 1.82. The molecule has 1 heterocycles. The van der Waals surface area contributed by atoms with Gasteiger partial charge in [-0.3, -0.25) is 4.79 Å². The summed E-state index contributed by atoms with van der Waals surface area (Å²) in [6, 6.07) is 14.0. The maximum absolute atomic E-state index is 12.4. The maximum atomic E-state index is 12.4. The van der Waals surface area contributed by atoms with Crippen LogP contribution in [0.15, 0.2) is 46.9 Å². The monoisotopic (exact) mass is 310 g/mol. The Bertz CT molecular complexity index is 905. The van der Waals surface area contributed by atoms with Crippen LogP contribution in [0.1, 0.15) is 21.7 Å². The minimum Gasteiger partial charge on any atom is -0.449 e. The second-order valence-electron chi connectivity index (χ2n) is 4.82. The highest BCUT2D eigenvalue weighted by atomic mass is 35.5. The average Bonchev–Trinajstić information content (AvgIpc) is 2.87. The number of para-hydroxylation sites is 1. The number of fused-ring (bicyclic) bond motifs is 1. The van der Waals surface area contributed by atoms with Crippen LogP contribution in [0, 0.1) is 18.3 Å². The van der Waals surface area contributed by atoms with Crippen molar-refractivity contribution < 1.29 is 9.21 Å². The number of nitrogens with zero attached hydrogens (tertiary/aromatic N) is 1. The van der Waals surface area contributed by atoms with Crippen LogP contribution in [-0.4, -0.2) is 5.91 Å². The Morgan fingerprint density at radius 1 is 1.23 bits per heavy atom. The van der Waals surface area contributed by atoms with Gasteiger partial charge in [0.05, 0.1) is 16.7 Å². The Balaban J connectivity index is 1.93. The van der Waals surface area contributed by atoms with Crippen LogP contribution >= 0.6 is 11.6 Å². The van der Waals surface area contributed by atoms with E-state index in [4.69, 9.17) is 21.3 Å². The van der Waals surface area contributed by atoms with Gasteiger partial charge in [-0.25, -0.2) is 0 Å². The van der Waals surface area contributed by atoms with Gasteiger partial charge in [0.25, 0.3) is 5.91 Å². The first kappa shape index (κ1) is 14.2. The lowest BCUT2D eigenvalue weighted by Gasteiger charge is -2.03. The number of furan rings is 1. The third-order valence-corrected chi connectivity index (χ3v) is 3.69. The van der Waals surface area contributed by atoms with Crippen molar-refractivity contribution >= 4 is 34.2 Å². The standard InChI is InChI=1S/C17H11ClN2O2/c1-10-13-3-2-4-14(18)16(13)22-15(10)17(21)20-12-7-5-11(9-19)6-8-12/h2-8H,1H3,(H,20,21). The number of carbonyl (C=O) groups is 1. The summed E-state index contributed by atoms with van der Waals surface area (Å²) < 4.78 is 5.61. The highest BCUT2D eigenvalue weighted by Gasteiger charge is 2.19. The molecule has 1 amide bonds. The minimum atomic E-state index is -0.352. The molecule has 0 aliphatic carbocycles. The van der Waals surface area contributed by atoms with Crippen molar-refractivity contribution in [2.24, 2.45) is 0 Å². The number of aryl methyl sites for hydroxylation is 1. The van der Waals surface area contributed by atoms with E-state index in [0.29, 0.717) is 21.9 Å². The van der Waals surface area contributed by atoms with Gasteiger partial charge in [0, 0.05) is 16.6 Å². The molecule has 0 unspecified atom stereocenters. The fourth-order valence-electron chi connectivity index (χ4n) is 2.24. The highest BCUT2D eigenvalue weighted by molar-refractivity contribution is 6.35. The quantitative estimate of drug-likeness (QED) is 0.756. The Morgan fingerprint density at radius 2 is 1.95 bits per heavy atom. The fourth-order valence-corrected chi connectivity index (χ4v) is 2.45. The smallest absolute Gasteiger partial charge is 0.291 e. The first-order valence-corrected chi connectivity index (χ1v) is 6.97. The zero-order chi connectivity index (χ0) is 15.7. The molecule has 5 heteroatoms. The number of carbonyl (C=O) groups excluding carboxylic acids is 1. The fraction of sp³-hybridized carbons (Fsp3) is 0.0588. The van der Waals surface area contributed by atoms with E-state index in [1.807, 2.05) is 25.1 Å². The van der Waals surface area contributed by atoms with Crippen LogP contribution < -0.4 is 5.32 Å². The number of halogens is 1. The average molecular weight is 311 g/mol. The Morgan fingerprint density at radius 3 is 2.59 bits per heavy atom. The van der Waals surface area contributed by atoms with E-state index in [9.17, 15) is 4.79 Å². The molecule has 1 aromatic heterocycles. The van der Waals surface area contributed by atoms with E-state index >= 15 is 0 Å². The van der Waals surface area contributed by atoms with Gasteiger partial charge < -0.3 is 9.73 Å². The van der Waals surface area contributed by atoms with Gasteiger partial charge in [-0.1, -0.05) is 23.7 Å². The van der Waals surface area contributed by atoms with Crippen LogP contribution in [-0.2, 0) is 0 Å². The molecule has 0 spiro atoms. The molecular weight excluding hydrogens is 300 g/mol. The summed E-state index contributed by atoms with van der Waals surface area (Å²) in [5, 5.41) is 12.8. The van der Waals surface area contributed by atoms with E-state index in [0.717, 1.165) is 10.9 Å². The number of benzene rings is 2. The predicted molar refractivity (Wildman–Crippen MR) is 85.1 cm³/mol. The summed E-state index contributed by atoms with van der Waals surface area (Å²) in [5.41, 5.74) is 2.37. The second-order valence-corrected chi connectivity index (χ2v) is 5.22. The van der Waals surface area contributed by atoms with Crippen LogP contribution in [0.3, 0.4) is 0 Å². The summed E-state index contributed by atoms with van der Waals surface area (Å²) in [4.78, 5) is 12.4. The Hall–Kier alpha value is -2.77. The first-order chi connectivity index (χ1) is 10.6. The Labute approximate surface area is 131 Å². The van der Waals surface area contributed by atoms with Gasteiger partial charge in [0.15, 0.2) is 11.3 Å². The third kappa shape index (κ3) is 2.43. The third-order valence-electron chi connectivity index (χ3n) is 3.39. The molecule has 0 aliphatic heterocycles. The molecule has 0 saturated heterocycles. The molecule has 3 aromatic rings. The zero-order valence-electron chi connectivity index (χ0n) is 11.7. The van der Waals surface area contributed by atoms with Crippen LogP contribution in [0.4, 0.5) is 5.69 Å². The van der Waals surface area contributed by atoms with Gasteiger partial charge in [-0.05, 0) is 37.3 Å². The lowest BCUT2D eigenvalue weighted by molar-refractivity contribution is 0.0998. The van der Waals surface area contributed by atoms with Crippen LogP contribution in [0.2, 0.25) is 5.02 Å². The molecule has 2 aromatic carbocycles. The molecule has 22 heavy (non-hydrogen) atoms. The maximum Gasteiger partial charge on any atom is 0.291 e. The van der Waals surface area contributed by atoms with Crippen molar-refractivity contribution in [3.63, 3.8) is 0 Å². The molecule has 0 atom stereocenters. The van der Waals surface area contributed by atoms with E-state index in [-0.39, 0.29) is 11.7 Å². The lowest BCUT2D eigenvalue weighted by Crippen LogP contribution is -2.12. The van der Waals surface area contributed by atoms with Gasteiger partial charge in [-0.2, -0.15) is 5.26 Å². The first-order valence-electron chi connectivity index (χ1n) is 6.59. The van der Waals surface area contributed by atoms with E-state index < -0.39 is 0 Å². The van der Waals surface area contributed by atoms with E-state index in [1.54, 1.807) is 30.3 Å². The Kier molecular flexibility index (Phi) is 3.58. The molecule has 0 saturated carbocycles. The molecule has 1 N–H and O–H groups in total. The lowest BCUT2D eigenvalue weighted by atomic mass is 10.1. The number of hydrogen-bond donors (Lipinski definition) is 1. The molecule has 0 fully saturated rings. The molecule has 0 radical (unpaired) electrons. The highest BCUT2D eigenvalue weighted by Crippen LogP contribution is 2.31. The number of rotatable bonds is 2. The van der Waals surface area contributed by atoms with Crippen LogP contribution in [0.25, 0.3) is 11.0 Å². The van der Waals surface area contributed by atoms with Gasteiger partial charge in [-0.15, -0.1) is 0 Å². The molecular formula is C17H11ClN2O2. The number of amides is 1. The summed E-state index contributed by atoms with van der Waals surface area (Å²) >= 11 is 6.08. The normalized spacial score (nSPS) is 10.4. The molecule has 108 valence electrons. The van der Waals surface area contributed by atoms with Crippen molar-refractivity contribution in [2.45, 2.75) is 6.92 Å². The van der Waals surface area contributed by atoms with Crippen molar-refractivity contribution in [1.82, 2.24) is 0 Å². The van der Waals surface area contributed by atoms with Crippen molar-refractivity contribution in [3.8, 4) is 6.07 Å². The van der Waals surface area contributed by atoms with Crippen molar-refractivity contribution in [1.29, 1.82) is 5.26 Å². The second kappa shape index (κ2) is 5.55.